The molecule has 2 heteroatoms. The third-order valence-corrected chi connectivity index (χ3v) is 5.62. The van der Waals surface area contributed by atoms with E-state index in [1.165, 1.54) is 5.30 Å². The molecule has 77 valence electrons. The van der Waals surface area contributed by atoms with Gasteiger partial charge < -0.3 is 0 Å². The Morgan fingerprint density at radius 3 is 2.47 bits per heavy atom. The Bertz CT molecular complexity index is 345. The molecule has 0 heterocycles. The molecule has 1 aromatic carbocycles. The largest absolute Gasteiger partial charge is 0.298 e. The first-order valence-electron chi connectivity index (χ1n) is 5.05. The van der Waals surface area contributed by atoms with Crippen LogP contribution in [0, 0.1) is 0 Å². The Morgan fingerprint density at radius 1 is 1.40 bits per heavy atom. The van der Waals surface area contributed by atoms with E-state index in [1.807, 2.05) is 31.2 Å². The van der Waals surface area contributed by atoms with E-state index in [-0.39, 0.29) is 0 Å². The normalized spacial score (nSPS) is 14.3. The maximum absolute atomic E-state index is 6.51. The zero-order valence-electron chi connectivity index (χ0n) is 9.32. The molecule has 1 aromatic rings. The molecule has 0 N–H and O–H groups in total. The lowest BCUT2D eigenvalue weighted by molar-refractivity contribution is 1.41. The zero-order chi connectivity index (χ0) is 11.3. The first kappa shape index (κ1) is 12.3. The van der Waals surface area contributed by atoms with Crippen molar-refractivity contribution in [3.8, 4) is 0 Å². The summed E-state index contributed by atoms with van der Waals surface area (Å²) in [6.45, 7) is 9.79. The third kappa shape index (κ3) is 3.36. The minimum absolute atomic E-state index is 0.879. The molecule has 0 bridgehead atoms. The van der Waals surface area contributed by atoms with Gasteiger partial charge >= 0.3 is 0 Å². The Morgan fingerprint density at radius 2 is 2.00 bits per heavy atom. The van der Waals surface area contributed by atoms with Crippen LogP contribution in [0.3, 0.4) is 0 Å². The second-order valence-electron chi connectivity index (χ2n) is 3.96. The molecule has 0 fully saturated rings. The van der Waals surface area contributed by atoms with Crippen molar-refractivity contribution < 1.29 is 0 Å². The van der Waals surface area contributed by atoms with Gasteiger partial charge in [0.25, 0.3) is 0 Å². The van der Waals surface area contributed by atoms with Gasteiger partial charge in [-0.3, -0.25) is 7.57 Å². The van der Waals surface area contributed by atoms with E-state index in [4.69, 9.17) is 7.57 Å². The van der Waals surface area contributed by atoms with Gasteiger partial charge in [0.1, 0.15) is 0 Å². The van der Waals surface area contributed by atoms with Gasteiger partial charge in [0.15, 0.2) is 0 Å². The average molecular weight is 215 g/mol. The SMILES string of the molecule is [B-][P+](CC=C)(CC(=C)C)c1ccccc1. The molecular weight excluding hydrogens is 198 g/mol. The van der Waals surface area contributed by atoms with E-state index in [0.29, 0.717) is 0 Å². The van der Waals surface area contributed by atoms with Gasteiger partial charge in [0.05, 0.1) is 0 Å². The van der Waals surface area contributed by atoms with E-state index in [9.17, 15) is 0 Å². The summed E-state index contributed by atoms with van der Waals surface area (Å²) in [6.07, 6.45) is 3.70. The van der Waals surface area contributed by atoms with Crippen molar-refractivity contribution in [2.24, 2.45) is 0 Å². The molecule has 1 rings (SSSR count). The topological polar surface area (TPSA) is 0 Å². The highest BCUT2D eigenvalue weighted by Crippen LogP contribution is 2.53. The molecule has 3 radical (unpaired) electrons. The molecule has 0 saturated carbocycles. The highest BCUT2D eigenvalue weighted by atomic mass is 31.2. The smallest absolute Gasteiger partial charge is 0.0424 e. The molecule has 1 unspecified atom stereocenters. The van der Waals surface area contributed by atoms with Gasteiger partial charge in [0.2, 0.25) is 0 Å². The Kier molecular flexibility index (Phi) is 4.35. The summed E-state index contributed by atoms with van der Waals surface area (Å²) >= 11 is 0. The molecular formula is C13H17BP. The van der Waals surface area contributed by atoms with Crippen LogP contribution in [-0.4, -0.2) is 19.9 Å². The fourth-order valence-corrected chi connectivity index (χ4v) is 4.41. The lowest BCUT2D eigenvalue weighted by Crippen LogP contribution is -2.17. The van der Waals surface area contributed by atoms with Crippen molar-refractivity contribution in [3.05, 3.63) is 55.1 Å². The highest BCUT2D eigenvalue weighted by Gasteiger charge is 2.19. The predicted octanol–water partition coefficient (Wildman–Crippen LogP) is 3.18. The standard InChI is InChI=1S/C13H17BP/c1-4-10-15(14,11-12(2)3)13-8-6-5-7-9-13/h4-9H,1-2,10-11H2,3H3. The third-order valence-electron chi connectivity index (χ3n) is 2.28. The molecule has 0 nitrogen and oxygen atoms in total. The molecule has 0 spiro atoms. The van der Waals surface area contributed by atoms with Crippen molar-refractivity contribution >= 4 is 20.0 Å². The van der Waals surface area contributed by atoms with Gasteiger partial charge in [0, 0.05) is 17.6 Å². The summed E-state index contributed by atoms with van der Waals surface area (Å²) in [5.74, 6) is 0. The molecule has 0 aliphatic heterocycles. The van der Waals surface area contributed by atoms with E-state index in [1.54, 1.807) is 0 Å². The summed E-state index contributed by atoms with van der Waals surface area (Å²) in [5.41, 5.74) is 1.15. The van der Waals surface area contributed by atoms with Gasteiger partial charge in [-0.2, -0.15) is 0 Å². The fourth-order valence-electron chi connectivity index (χ4n) is 1.70. The van der Waals surface area contributed by atoms with Crippen molar-refractivity contribution in [1.29, 1.82) is 0 Å². The number of hydrogen-bond donors (Lipinski definition) is 0. The van der Waals surface area contributed by atoms with Crippen molar-refractivity contribution in [2.75, 3.05) is 12.3 Å². The second kappa shape index (κ2) is 5.33. The number of allylic oxidation sites excluding steroid dienone is 2. The van der Waals surface area contributed by atoms with Crippen LogP contribution in [0.25, 0.3) is 0 Å². The quantitative estimate of drug-likeness (QED) is 0.402. The van der Waals surface area contributed by atoms with Crippen LogP contribution in [0.2, 0.25) is 0 Å². The second-order valence-corrected chi connectivity index (χ2v) is 7.22. The lowest BCUT2D eigenvalue weighted by Gasteiger charge is -2.36. The number of rotatable bonds is 5. The maximum atomic E-state index is 6.51. The fraction of sp³-hybridized carbons (Fsp3) is 0.231. The molecule has 0 aliphatic carbocycles. The Hall–Kier alpha value is -0.805. The van der Waals surface area contributed by atoms with Crippen LogP contribution in [-0.2, 0) is 0 Å². The van der Waals surface area contributed by atoms with E-state index in [0.717, 1.165) is 17.9 Å². The molecule has 0 aromatic heterocycles. The van der Waals surface area contributed by atoms with E-state index in [2.05, 4.69) is 25.3 Å². The summed E-state index contributed by atoms with van der Waals surface area (Å²) in [7, 11) is 4.91. The molecule has 0 aliphatic rings. The Labute approximate surface area is 94.8 Å². The van der Waals surface area contributed by atoms with Crippen molar-refractivity contribution in [2.45, 2.75) is 6.92 Å². The van der Waals surface area contributed by atoms with Crippen LogP contribution < -0.4 is 5.30 Å². The van der Waals surface area contributed by atoms with Gasteiger partial charge in [-0.15, -0.1) is 0 Å². The van der Waals surface area contributed by atoms with E-state index >= 15 is 0 Å². The number of hydrogen-bond acceptors (Lipinski definition) is 0. The minimum Gasteiger partial charge on any atom is -0.298 e. The molecule has 1 atom stereocenters. The average Bonchev–Trinajstić information content (AvgIpc) is 2.18. The van der Waals surface area contributed by atoms with E-state index < -0.39 is 7.14 Å². The maximum Gasteiger partial charge on any atom is 0.0424 e. The monoisotopic (exact) mass is 215 g/mol. The molecule has 0 saturated heterocycles. The minimum atomic E-state index is -1.60. The summed E-state index contributed by atoms with van der Waals surface area (Å²) in [5, 5.41) is 1.26. The van der Waals surface area contributed by atoms with Crippen molar-refractivity contribution in [1.82, 2.24) is 0 Å². The number of benzene rings is 1. The van der Waals surface area contributed by atoms with Crippen LogP contribution in [0.5, 0.6) is 0 Å². The predicted molar refractivity (Wildman–Crippen MR) is 73.5 cm³/mol. The van der Waals surface area contributed by atoms with Crippen LogP contribution in [0.15, 0.2) is 55.1 Å². The van der Waals surface area contributed by atoms with Crippen LogP contribution in [0.1, 0.15) is 6.92 Å². The zero-order valence-corrected chi connectivity index (χ0v) is 10.2. The molecule has 15 heavy (non-hydrogen) atoms. The Balaban J connectivity index is 3.00. The summed E-state index contributed by atoms with van der Waals surface area (Å²) in [4.78, 5) is 0. The first-order chi connectivity index (χ1) is 7.08. The van der Waals surface area contributed by atoms with Crippen molar-refractivity contribution in [3.63, 3.8) is 0 Å². The van der Waals surface area contributed by atoms with Gasteiger partial charge in [-0.25, -0.2) is 7.14 Å². The van der Waals surface area contributed by atoms with Crippen LogP contribution in [0.4, 0.5) is 0 Å². The van der Waals surface area contributed by atoms with Gasteiger partial charge in [-0.05, 0) is 24.6 Å². The van der Waals surface area contributed by atoms with Gasteiger partial charge in [-0.1, -0.05) is 37.4 Å². The summed E-state index contributed by atoms with van der Waals surface area (Å²) in [6, 6.07) is 10.3. The van der Waals surface area contributed by atoms with Crippen LogP contribution >= 0.6 is 7.14 Å². The highest BCUT2D eigenvalue weighted by molar-refractivity contribution is 8.03. The summed E-state index contributed by atoms with van der Waals surface area (Å²) < 4.78 is 0. The molecule has 0 amide bonds. The lowest BCUT2D eigenvalue weighted by atomic mass is 10.4. The first-order valence-corrected chi connectivity index (χ1v) is 7.28.